The van der Waals surface area contributed by atoms with Gasteiger partial charge in [-0.15, -0.1) is 0 Å². The molecule has 0 aliphatic carbocycles. The molecule has 0 saturated carbocycles. The Hall–Kier alpha value is -2.58. The third-order valence-corrected chi connectivity index (χ3v) is 6.25. The molecule has 1 heterocycles. The molecule has 0 radical (unpaired) electrons. The lowest BCUT2D eigenvalue weighted by Crippen LogP contribution is -2.47. The van der Waals surface area contributed by atoms with E-state index in [-0.39, 0.29) is 10.8 Å². The lowest BCUT2D eigenvalue weighted by atomic mass is 10.0. The van der Waals surface area contributed by atoms with E-state index in [9.17, 15) is 13.2 Å². The third-order valence-electron chi connectivity index (χ3n) is 4.82. The van der Waals surface area contributed by atoms with Crippen LogP contribution in [0.2, 0.25) is 0 Å². The number of anilines is 1. The van der Waals surface area contributed by atoms with Crippen molar-refractivity contribution in [2.24, 2.45) is 5.92 Å². The topological polar surface area (TPSA) is 93.7 Å². The minimum atomic E-state index is -3.94. The van der Waals surface area contributed by atoms with Crippen LogP contribution in [0.3, 0.4) is 0 Å². The summed E-state index contributed by atoms with van der Waals surface area (Å²) >= 11 is 0. The number of rotatable bonds is 8. The highest BCUT2D eigenvalue weighted by Gasteiger charge is 2.29. The number of nitrogens with one attached hydrogen (secondary N) is 2. The number of ether oxygens (including phenoxy) is 2. The van der Waals surface area contributed by atoms with Crippen LogP contribution in [-0.2, 0) is 21.2 Å². The molecule has 7 nitrogen and oxygen atoms in total. The van der Waals surface area contributed by atoms with Gasteiger partial charge in [-0.2, -0.15) is 4.72 Å². The average molecular weight is 433 g/mol. The third kappa shape index (κ3) is 5.31. The largest absolute Gasteiger partial charge is 0.486 e. The fourth-order valence-corrected chi connectivity index (χ4v) is 4.54. The van der Waals surface area contributed by atoms with Crippen molar-refractivity contribution in [1.29, 1.82) is 0 Å². The van der Waals surface area contributed by atoms with Crippen LogP contribution in [0.5, 0.6) is 11.5 Å². The van der Waals surface area contributed by atoms with E-state index in [4.69, 9.17) is 9.47 Å². The van der Waals surface area contributed by atoms with Crippen LogP contribution in [0.15, 0.2) is 47.4 Å². The number of hydrogen-bond acceptors (Lipinski definition) is 5. The minimum absolute atomic E-state index is 0.0223. The lowest BCUT2D eigenvalue weighted by molar-refractivity contribution is -0.118. The molecule has 30 heavy (non-hydrogen) atoms. The Morgan fingerprint density at radius 2 is 1.70 bits per heavy atom. The van der Waals surface area contributed by atoms with Crippen molar-refractivity contribution in [3.63, 3.8) is 0 Å². The van der Waals surface area contributed by atoms with Gasteiger partial charge in [0.25, 0.3) is 0 Å². The summed E-state index contributed by atoms with van der Waals surface area (Å²) in [5, 5.41) is 2.81. The van der Waals surface area contributed by atoms with Gasteiger partial charge >= 0.3 is 0 Å². The molecule has 0 aromatic heterocycles. The van der Waals surface area contributed by atoms with Gasteiger partial charge in [0.15, 0.2) is 11.5 Å². The second kappa shape index (κ2) is 9.49. The highest BCUT2D eigenvalue weighted by molar-refractivity contribution is 7.89. The van der Waals surface area contributed by atoms with E-state index in [0.717, 1.165) is 12.8 Å². The van der Waals surface area contributed by atoms with Crippen molar-refractivity contribution >= 4 is 21.6 Å². The number of benzene rings is 2. The summed E-state index contributed by atoms with van der Waals surface area (Å²) < 4.78 is 39.3. The summed E-state index contributed by atoms with van der Waals surface area (Å²) in [6, 6.07) is 11.1. The van der Waals surface area contributed by atoms with Crippen LogP contribution in [0.1, 0.15) is 32.8 Å². The van der Waals surface area contributed by atoms with Crippen LogP contribution in [-0.4, -0.2) is 33.6 Å². The first kappa shape index (κ1) is 22.1. The fraction of sp³-hybridized carbons (Fsp3) is 0.409. The predicted molar refractivity (Wildman–Crippen MR) is 115 cm³/mol. The normalized spacial score (nSPS) is 14.4. The molecule has 162 valence electrons. The van der Waals surface area contributed by atoms with E-state index in [1.165, 1.54) is 17.7 Å². The van der Waals surface area contributed by atoms with Gasteiger partial charge in [-0.25, -0.2) is 8.42 Å². The molecular weight excluding hydrogens is 404 g/mol. The van der Waals surface area contributed by atoms with Gasteiger partial charge < -0.3 is 14.8 Å². The number of carbonyl (C=O) groups is 1. The number of sulfonamides is 1. The molecule has 0 spiro atoms. The summed E-state index contributed by atoms with van der Waals surface area (Å²) in [5.41, 5.74) is 1.82. The number of amides is 1. The zero-order valence-electron chi connectivity index (χ0n) is 17.5. The first-order chi connectivity index (χ1) is 14.3. The van der Waals surface area contributed by atoms with Crippen molar-refractivity contribution in [3.8, 4) is 11.5 Å². The number of carbonyl (C=O) groups excluding carboxylic acids is 1. The maximum Gasteiger partial charge on any atom is 0.242 e. The maximum absolute atomic E-state index is 12.9. The molecule has 2 N–H and O–H groups in total. The smallest absolute Gasteiger partial charge is 0.242 e. The van der Waals surface area contributed by atoms with Crippen LogP contribution >= 0.6 is 0 Å². The Morgan fingerprint density at radius 1 is 1.03 bits per heavy atom. The summed E-state index contributed by atoms with van der Waals surface area (Å²) in [6.45, 7) is 6.48. The first-order valence-electron chi connectivity index (χ1n) is 10.1. The van der Waals surface area contributed by atoms with Gasteiger partial charge in [0.1, 0.15) is 19.3 Å². The number of aryl methyl sites for hydroxylation is 1. The van der Waals surface area contributed by atoms with E-state index >= 15 is 0 Å². The maximum atomic E-state index is 12.9. The molecule has 3 rings (SSSR count). The first-order valence-corrected chi connectivity index (χ1v) is 11.6. The summed E-state index contributed by atoms with van der Waals surface area (Å²) in [6.07, 6.45) is 2.01. The highest BCUT2D eigenvalue weighted by atomic mass is 32.2. The number of fused-ring (bicyclic) bond motifs is 1. The number of hydrogen-bond donors (Lipinski definition) is 2. The standard InChI is InChI=1S/C22H28N2O5S/c1-4-5-16-6-8-17(9-7-16)23-22(25)21(15(2)3)24-30(26,27)18-10-11-19-20(14-18)29-13-12-28-19/h6-11,14-15,21,24H,4-5,12-13H2,1-3H3,(H,23,25)/t21-/m0/s1. The van der Waals surface area contributed by atoms with Crippen molar-refractivity contribution < 1.29 is 22.7 Å². The second-order valence-corrected chi connectivity index (χ2v) is 9.30. The van der Waals surface area contributed by atoms with Crippen molar-refractivity contribution in [1.82, 2.24) is 4.72 Å². The molecule has 0 fully saturated rings. The molecule has 1 amide bonds. The molecule has 1 aliphatic rings. The Kier molecular flexibility index (Phi) is 6.99. The molecular formula is C22H28N2O5S. The molecule has 8 heteroatoms. The monoisotopic (exact) mass is 432 g/mol. The van der Waals surface area contributed by atoms with E-state index in [1.807, 2.05) is 24.3 Å². The van der Waals surface area contributed by atoms with E-state index in [0.29, 0.717) is 30.4 Å². The van der Waals surface area contributed by atoms with Gasteiger partial charge in [0, 0.05) is 11.8 Å². The van der Waals surface area contributed by atoms with Gasteiger partial charge in [-0.05, 0) is 42.2 Å². The quantitative estimate of drug-likeness (QED) is 0.667. The van der Waals surface area contributed by atoms with Crippen LogP contribution in [0.25, 0.3) is 0 Å². The molecule has 0 saturated heterocycles. The summed E-state index contributed by atoms with van der Waals surface area (Å²) in [5.74, 6) is 0.220. The SMILES string of the molecule is CCCc1ccc(NC(=O)[C@@H](NS(=O)(=O)c2ccc3c(c2)OCCO3)C(C)C)cc1. The van der Waals surface area contributed by atoms with E-state index in [1.54, 1.807) is 19.9 Å². The molecule has 1 aliphatic heterocycles. The van der Waals surface area contributed by atoms with Gasteiger partial charge in [-0.3, -0.25) is 4.79 Å². The molecule has 0 unspecified atom stereocenters. The van der Waals surface area contributed by atoms with Crippen molar-refractivity contribution in [2.75, 3.05) is 18.5 Å². The van der Waals surface area contributed by atoms with Gasteiger partial charge in [-0.1, -0.05) is 39.3 Å². The van der Waals surface area contributed by atoms with Gasteiger partial charge in [0.05, 0.1) is 4.90 Å². The van der Waals surface area contributed by atoms with Gasteiger partial charge in [0.2, 0.25) is 15.9 Å². The Balaban J connectivity index is 1.74. The molecule has 1 atom stereocenters. The Labute approximate surface area is 177 Å². The molecule has 2 aromatic carbocycles. The highest BCUT2D eigenvalue weighted by Crippen LogP contribution is 2.32. The summed E-state index contributed by atoms with van der Waals surface area (Å²) in [4.78, 5) is 12.8. The van der Waals surface area contributed by atoms with Crippen LogP contribution < -0.4 is 19.5 Å². The lowest BCUT2D eigenvalue weighted by Gasteiger charge is -2.23. The van der Waals surface area contributed by atoms with E-state index < -0.39 is 22.0 Å². The van der Waals surface area contributed by atoms with E-state index in [2.05, 4.69) is 17.0 Å². The fourth-order valence-electron chi connectivity index (χ4n) is 3.18. The zero-order valence-corrected chi connectivity index (χ0v) is 18.3. The Bertz CT molecular complexity index is 987. The minimum Gasteiger partial charge on any atom is -0.486 e. The second-order valence-electron chi connectivity index (χ2n) is 7.58. The van der Waals surface area contributed by atoms with Crippen molar-refractivity contribution in [3.05, 3.63) is 48.0 Å². The molecule has 2 aromatic rings. The van der Waals surface area contributed by atoms with Crippen molar-refractivity contribution in [2.45, 2.75) is 44.6 Å². The van der Waals surface area contributed by atoms with Crippen LogP contribution in [0.4, 0.5) is 5.69 Å². The predicted octanol–water partition coefficient (Wildman–Crippen LogP) is 3.35. The Morgan fingerprint density at radius 3 is 2.33 bits per heavy atom. The van der Waals surface area contributed by atoms with Crippen LogP contribution in [0, 0.1) is 5.92 Å². The average Bonchev–Trinajstić information content (AvgIpc) is 2.73. The zero-order chi connectivity index (χ0) is 21.7. The molecule has 0 bridgehead atoms. The summed E-state index contributed by atoms with van der Waals surface area (Å²) in [7, 11) is -3.94.